The first kappa shape index (κ1) is 14.2. The van der Waals surface area contributed by atoms with Gasteiger partial charge in [0, 0.05) is 5.02 Å². The topological polar surface area (TPSA) is 24.9 Å². The lowest BCUT2D eigenvalue weighted by molar-refractivity contribution is 0.554. The molecular formula is C13H10BrClF2N2. The minimum Gasteiger partial charge on any atom is -0.361 e. The average Bonchev–Trinajstić information content (AvgIpc) is 2.36. The lowest BCUT2D eigenvalue weighted by Gasteiger charge is -2.16. The smallest absolute Gasteiger partial charge is 0.229 e. The summed E-state index contributed by atoms with van der Waals surface area (Å²) in [6.07, 6.45) is 0. The van der Waals surface area contributed by atoms with Crippen molar-refractivity contribution in [3.05, 3.63) is 57.2 Å². The molecule has 2 aromatic rings. The predicted molar refractivity (Wildman–Crippen MR) is 75.3 cm³/mol. The van der Waals surface area contributed by atoms with E-state index in [1.165, 1.54) is 0 Å². The summed E-state index contributed by atoms with van der Waals surface area (Å²) in [5.74, 6) is -1.55. The maximum absolute atomic E-state index is 13.7. The summed E-state index contributed by atoms with van der Waals surface area (Å²) in [7, 11) is 0. The van der Waals surface area contributed by atoms with Crippen LogP contribution in [0.2, 0.25) is 5.02 Å². The van der Waals surface area contributed by atoms with Gasteiger partial charge in [-0.3, -0.25) is 0 Å². The van der Waals surface area contributed by atoms with Crippen LogP contribution in [0.3, 0.4) is 0 Å². The zero-order chi connectivity index (χ0) is 14.0. The average molecular weight is 348 g/mol. The van der Waals surface area contributed by atoms with Crippen LogP contribution in [0.25, 0.3) is 0 Å². The van der Waals surface area contributed by atoms with Gasteiger partial charge < -0.3 is 5.32 Å². The van der Waals surface area contributed by atoms with E-state index in [-0.39, 0.29) is 16.3 Å². The largest absolute Gasteiger partial charge is 0.361 e. The Kier molecular flexibility index (Phi) is 4.37. The third-order valence-corrected chi connectivity index (χ3v) is 3.51. The highest BCUT2D eigenvalue weighted by Crippen LogP contribution is 2.27. The highest BCUT2D eigenvalue weighted by molar-refractivity contribution is 9.10. The summed E-state index contributed by atoms with van der Waals surface area (Å²) in [4.78, 5) is 3.52. The maximum atomic E-state index is 13.7. The molecule has 0 unspecified atom stereocenters. The van der Waals surface area contributed by atoms with E-state index in [1.807, 2.05) is 12.1 Å². The van der Waals surface area contributed by atoms with Crippen LogP contribution in [0.1, 0.15) is 18.5 Å². The Morgan fingerprint density at radius 3 is 2.68 bits per heavy atom. The Morgan fingerprint density at radius 1 is 1.32 bits per heavy atom. The molecule has 19 heavy (non-hydrogen) atoms. The lowest BCUT2D eigenvalue weighted by Crippen LogP contribution is -2.10. The first-order chi connectivity index (χ1) is 8.99. The van der Waals surface area contributed by atoms with Crippen molar-refractivity contribution in [3.63, 3.8) is 0 Å². The number of benzene rings is 1. The Morgan fingerprint density at radius 2 is 2.00 bits per heavy atom. The third-order valence-electron chi connectivity index (χ3n) is 2.61. The number of halogens is 4. The number of rotatable bonds is 3. The van der Waals surface area contributed by atoms with Crippen LogP contribution in [-0.4, -0.2) is 4.98 Å². The second-order valence-electron chi connectivity index (χ2n) is 3.98. The molecule has 0 aliphatic heterocycles. The third kappa shape index (κ3) is 3.22. The van der Waals surface area contributed by atoms with Crippen LogP contribution in [0.4, 0.5) is 14.6 Å². The van der Waals surface area contributed by atoms with E-state index in [2.05, 4.69) is 26.2 Å². The summed E-state index contributed by atoms with van der Waals surface area (Å²) in [6.45, 7) is 1.79. The molecule has 0 bridgehead atoms. The minimum absolute atomic E-state index is 0.0130. The van der Waals surface area contributed by atoms with Gasteiger partial charge >= 0.3 is 0 Å². The molecule has 1 aromatic carbocycles. The highest BCUT2D eigenvalue weighted by Gasteiger charge is 2.14. The number of aromatic nitrogens is 1. The molecule has 2 rings (SSSR count). The van der Waals surface area contributed by atoms with Gasteiger partial charge in [-0.1, -0.05) is 29.8 Å². The van der Waals surface area contributed by atoms with Crippen LogP contribution in [0.15, 0.2) is 34.8 Å². The second kappa shape index (κ2) is 5.84. The van der Waals surface area contributed by atoms with Gasteiger partial charge in [-0.15, -0.1) is 0 Å². The number of hydrogen-bond donors (Lipinski definition) is 1. The molecule has 0 saturated heterocycles. The van der Waals surface area contributed by atoms with E-state index in [0.717, 1.165) is 11.6 Å². The molecule has 2 nitrogen and oxygen atoms in total. The van der Waals surface area contributed by atoms with E-state index >= 15 is 0 Å². The van der Waals surface area contributed by atoms with Gasteiger partial charge in [-0.25, -0.2) is 4.39 Å². The molecule has 0 amide bonds. The molecule has 0 fully saturated rings. The van der Waals surface area contributed by atoms with Crippen molar-refractivity contribution < 1.29 is 8.78 Å². The fourth-order valence-electron chi connectivity index (χ4n) is 1.65. The molecule has 0 aliphatic carbocycles. The molecule has 1 atom stereocenters. The van der Waals surface area contributed by atoms with Gasteiger partial charge in [-0.05, 0) is 40.5 Å². The van der Waals surface area contributed by atoms with Gasteiger partial charge in [0.25, 0.3) is 0 Å². The van der Waals surface area contributed by atoms with Gasteiger partial charge in [-0.2, -0.15) is 9.37 Å². The molecular weight excluding hydrogens is 338 g/mol. The highest BCUT2D eigenvalue weighted by atomic mass is 79.9. The monoisotopic (exact) mass is 346 g/mol. The van der Waals surface area contributed by atoms with Crippen molar-refractivity contribution in [2.24, 2.45) is 0 Å². The van der Waals surface area contributed by atoms with E-state index in [0.29, 0.717) is 5.02 Å². The van der Waals surface area contributed by atoms with E-state index < -0.39 is 11.8 Å². The van der Waals surface area contributed by atoms with Crippen molar-refractivity contribution in [1.29, 1.82) is 0 Å². The molecule has 100 valence electrons. The van der Waals surface area contributed by atoms with Crippen molar-refractivity contribution >= 4 is 33.3 Å². The number of nitrogens with one attached hydrogen (secondary N) is 1. The lowest BCUT2D eigenvalue weighted by atomic mass is 10.1. The molecule has 1 aromatic heterocycles. The summed E-state index contributed by atoms with van der Waals surface area (Å²) < 4.78 is 26.9. The maximum Gasteiger partial charge on any atom is 0.229 e. The Bertz CT molecular complexity index is 607. The molecule has 0 radical (unpaired) electrons. The number of pyridine rings is 1. The van der Waals surface area contributed by atoms with Crippen LogP contribution in [0, 0.1) is 11.8 Å². The summed E-state index contributed by atoms with van der Waals surface area (Å²) in [5, 5.41) is 3.36. The quantitative estimate of drug-likeness (QED) is 0.795. The zero-order valence-corrected chi connectivity index (χ0v) is 12.3. The van der Waals surface area contributed by atoms with Crippen LogP contribution in [-0.2, 0) is 0 Å². The first-order valence-corrected chi connectivity index (χ1v) is 6.68. The minimum atomic E-state index is -0.768. The van der Waals surface area contributed by atoms with Crippen LogP contribution in [0.5, 0.6) is 0 Å². The fourth-order valence-corrected chi connectivity index (χ4v) is 2.24. The van der Waals surface area contributed by atoms with Gasteiger partial charge in [0.15, 0.2) is 11.6 Å². The van der Waals surface area contributed by atoms with E-state index in [4.69, 9.17) is 11.6 Å². The Balaban J connectivity index is 2.27. The molecule has 0 saturated carbocycles. The van der Waals surface area contributed by atoms with Crippen molar-refractivity contribution in [3.8, 4) is 0 Å². The zero-order valence-electron chi connectivity index (χ0n) is 9.92. The molecule has 1 heterocycles. The van der Waals surface area contributed by atoms with Crippen LogP contribution >= 0.6 is 27.5 Å². The van der Waals surface area contributed by atoms with E-state index in [1.54, 1.807) is 19.1 Å². The Hall–Kier alpha value is -1.20. The first-order valence-electron chi connectivity index (χ1n) is 5.51. The summed E-state index contributed by atoms with van der Waals surface area (Å²) in [5.41, 5.74) is 0.786. The van der Waals surface area contributed by atoms with Crippen molar-refractivity contribution in [2.45, 2.75) is 13.0 Å². The normalized spacial score (nSPS) is 12.3. The van der Waals surface area contributed by atoms with Gasteiger partial charge in [0.05, 0.1) is 10.5 Å². The van der Waals surface area contributed by atoms with Gasteiger partial charge in [0.2, 0.25) is 5.95 Å². The standard InChI is InChI=1S/C13H10BrClF2N2/c1-7(8-4-2-3-5-10(8)15)18-13-11(16)6-9(14)12(17)19-13/h2-7H,1H3,(H,18,19)/t7-/m0/s1. The number of hydrogen-bond acceptors (Lipinski definition) is 2. The summed E-state index contributed by atoms with van der Waals surface area (Å²) in [6, 6.07) is 7.91. The molecule has 1 N–H and O–H groups in total. The number of anilines is 1. The van der Waals surface area contributed by atoms with E-state index in [9.17, 15) is 8.78 Å². The fraction of sp³-hybridized carbons (Fsp3) is 0.154. The molecule has 0 spiro atoms. The Labute approximate surface area is 122 Å². The van der Waals surface area contributed by atoms with Gasteiger partial charge in [0.1, 0.15) is 0 Å². The predicted octanol–water partition coefficient (Wildman–Crippen LogP) is 4.95. The van der Waals surface area contributed by atoms with Crippen molar-refractivity contribution in [2.75, 3.05) is 5.32 Å². The molecule has 6 heteroatoms. The SMILES string of the molecule is C[C@H](Nc1nc(F)c(Br)cc1F)c1ccccc1Cl. The van der Waals surface area contributed by atoms with Crippen LogP contribution < -0.4 is 5.32 Å². The molecule has 0 aliphatic rings. The van der Waals surface area contributed by atoms with Crippen molar-refractivity contribution in [1.82, 2.24) is 4.98 Å². The second-order valence-corrected chi connectivity index (χ2v) is 5.24. The summed E-state index contributed by atoms with van der Waals surface area (Å²) >= 11 is 8.92. The number of nitrogens with zero attached hydrogens (tertiary/aromatic N) is 1.